The number of alkyl halides is 3. The van der Waals surface area contributed by atoms with E-state index in [0.29, 0.717) is 6.07 Å². The molecule has 2 aromatic rings. The number of rotatable bonds is 5. The van der Waals surface area contributed by atoms with E-state index in [1.165, 1.54) is 18.2 Å². The average molecular weight is 387 g/mol. The van der Waals surface area contributed by atoms with Crippen molar-refractivity contribution in [3.05, 3.63) is 68.7 Å². The summed E-state index contributed by atoms with van der Waals surface area (Å²) >= 11 is 5.48. The summed E-state index contributed by atoms with van der Waals surface area (Å²) in [6.45, 7) is 0. The fourth-order valence-corrected chi connectivity index (χ4v) is 2.27. The molecule has 0 atom stereocenters. The van der Waals surface area contributed by atoms with E-state index in [9.17, 15) is 32.9 Å². The second-order valence-corrected chi connectivity index (χ2v) is 5.55. The molecule has 0 radical (unpaired) electrons. The first-order chi connectivity index (χ1) is 12.1. The van der Waals surface area contributed by atoms with Crippen molar-refractivity contribution in [1.29, 1.82) is 0 Å². The van der Waals surface area contributed by atoms with Gasteiger partial charge in [-0.1, -0.05) is 11.6 Å². The topological polar surface area (TPSA) is 89.3 Å². The van der Waals surface area contributed by atoms with Gasteiger partial charge in [0.1, 0.15) is 0 Å². The minimum atomic E-state index is -4.69. The highest BCUT2D eigenvalue weighted by Crippen LogP contribution is 2.36. The van der Waals surface area contributed by atoms with E-state index < -0.39 is 39.8 Å². The first-order valence-corrected chi connectivity index (χ1v) is 7.40. The van der Waals surface area contributed by atoms with Gasteiger partial charge in [-0.25, -0.2) is 0 Å². The van der Waals surface area contributed by atoms with Crippen LogP contribution in [0.4, 0.5) is 24.5 Å². The minimum absolute atomic E-state index is 0.0674. The monoisotopic (exact) mass is 386 g/mol. The van der Waals surface area contributed by atoms with Gasteiger partial charge in [0, 0.05) is 23.4 Å². The fourth-order valence-electron chi connectivity index (χ4n) is 2.04. The Morgan fingerprint density at radius 3 is 2.27 bits per heavy atom. The molecule has 0 fully saturated rings. The molecular formula is C16H10ClF3N2O4. The van der Waals surface area contributed by atoms with Gasteiger partial charge in [-0.3, -0.25) is 19.7 Å². The molecular weight excluding hydrogens is 377 g/mol. The molecule has 136 valence electrons. The van der Waals surface area contributed by atoms with Gasteiger partial charge in [-0.05, 0) is 30.3 Å². The zero-order valence-corrected chi connectivity index (χ0v) is 13.6. The molecule has 2 aromatic carbocycles. The summed E-state index contributed by atoms with van der Waals surface area (Å²) in [6, 6.07) is 7.43. The number of nitro groups is 1. The Kier molecular flexibility index (Phi) is 5.61. The SMILES string of the molecule is O=C(CC(=O)c1ccc([N+](=O)[O-])cc1)Nc1ccc(Cl)c(C(F)(F)F)c1. The van der Waals surface area contributed by atoms with Crippen LogP contribution in [0.5, 0.6) is 0 Å². The summed E-state index contributed by atoms with van der Waals surface area (Å²) in [5.74, 6) is -1.47. The average Bonchev–Trinajstić information content (AvgIpc) is 2.55. The van der Waals surface area contributed by atoms with Crippen LogP contribution in [-0.4, -0.2) is 16.6 Å². The lowest BCUT2D eigenvalue weighted by Crippen LogP contribution is -2.17. The summed E-state index contributed by atoms with van der Waals surface area (Å²) in [5.41, 5.74) is -1.42. The maximum atomic E-state index is 12.8. The lowest BCUT2D eigenvalue weighted by Gasteiger charge is -2.11. The first-order valence-electron chi connectivity index (χ1n) is 7.02. The maximum Gasteiger partial charge on any atom is 0.417 e. The van der Waals surface area contributed by atoms with Gasteiger partial charge in [-0.2, -0.15) is 13.2 Å². The third-order valence-corrected chi connectivity index (χ3v) is 3.61. The van der Waals surface area contributed by atoms with Gasteiger partial charge in [-0.15, -0.1) is 0 Å². The summed E-state index contributed by atoms with van der Waals surface area (Å²) in [7, 11) is 0. The lowest BCUT2D eigenvalue weighted by atomic mass is 10.1. The number of carbonyl (C=O) groups excluding carboxylic acids is 2. The quantitative estimate of drug-likeness (QED) is 0.355. The van der Waals surface area contributed by atoms with Crippen LogP contribution in [0.25, 0.3) is 0 Å². The van der Waals surface area contributed by atoms with Crippen LogP contribution in [0.3, 0.4) is 0 Å². The Morgan fingerprint density at radius 1 is 1.12 bits per heavy atom. The molecule has 1 amide bonds. The van der Waals surface area contributed by atoms with Crippen LogP contribution in [0.15, 0.2) is 42.5 Å². The molecule has 0 heterocycles. The number of nitro benzene ring substituents is 1. The van der Waals surface area contributed by atoms with Gasteiger partial charge in [0.25, 0.3) is 5.69 Å². The second-order valence-electron chi connectivity index (χ2n) is 5.14. The van der Waals surface area contributed by atoms with Gasteiger partial charge in [0.05, 0.1) is 21.9 Å². The third-order valence-electron chi connectivity index (χ3n) is 3.28. The molecule has 26 heavy (non-hydrogen) atoms. The van der Waals surface area contributed by atoms with Crippen LogP contribution in [0.2, 0.25) is 5.02 Å². The molecule has 10 heteroatoms. The van der Waals surface area contributed by atoms with E-state index >= 15 is 0 Å². The molecule has 1 N–H and O–H groups in total. The van der Waals surface area contributed by atoms with Crippen LogP contribution < -0.4 is 5.32 Å². The maximum absolute atomic E-state index is 12.8. The van der Waals surface area contributed by atoms with Crippen molar-refractivity contribution >= 4 is 34.7 Å². The Morgan fingerprint density at radius 2 is 1.73 bits per heavy atom. The molecule has 0 saturated carbocycles. The van der Waals surface area contributed by atoms with Crippen molar-refractivity contribution in [2.24, 2.45) is 0 Å². The molecule has 0 aliphatic heterocycles. The van der Waals surface area contributed by atoms with Crippen molar-refractivity contribution in [2.45, 2.75) is 12.6 Å². The first kappa shape index (κ1) is 19.4. The number of hydrogen-bond acceptors (Lipinski definition) is 4. The van der Waals surface area contributed by atoms with Crippen LogP contribution in [-0.2, 0) is 11.0 Å². The number of nitrogens with one attached hydrogen (secondary N) is 1. The van der Waals surface area contributed by atoms with Crippen molar-refractivity contribution in [3.63, 3.8) is 0 Å². The number of amides is 1. The second kappa shape index (κ2) is 7.52. The lowest BCUT2D eigenvalue weighted by molar-refractivity contribution is -0.384. The van der Waals surface area contributed by atoms with Crippen molar-refractivity contribution < 1.29 is 27.7 Å². The molecule has 0 spiro atoms. The molecule has 0 saturated heterocycles. The Bertz CT molecular complexity index is 867. The number of ketones is 1. The van der Waals surface area contributed by atoms with E-state index in [2.05, 4.69) is 5.32 Å². The van der Waals surface area contributed by atoms with E-state index in [4.69, 9.17) is 11.6 Å². The van der Waals surface area contributed by atoms with Gasteiger partial charge >= 0.3 is 6.18 Å². The minimum Gasteiger partial charge on any atom is -0.326 e. The number of Topliss-reactive ketones (excluding diaryl/α,β-unsaturated/α-hetero) is 1. The highest BCUT2D eigenvalue weighted by atomic mass is 35.5. The molecule has 2 rings (SSSR count). The predicted molar refractivity (Wildman–Crippen MR) is 87.1 cm³/mol. The Hall–Kier alpha value is -2.94. The van der Waals surface area contributed by atoms with Gasteiger partial charge < -0.3 is 5.32 Å². The highest BCUT2D eigenvalue weighted by Gasteiger charge is 2.33. The van der Waals surface area contributed by atoms with Crippen molar-refractivity contribution in [1.82, 2.24) is 0 Å². The van der Waals surface area contributed by atoms with Crippen molar-refractivity contribution in [2.75, 3.05) is 5.32 Å². The van der Waals surface area contributed by atoms with Gasteiger partial charge in [0.2, 0.25) is 5.91 Å². The number of hydrogen-bond donors (Lipinski definition) is 1. The number of carbonyl (C=O) groups is 2. The zero-order chi connectivity index (χ0) is 19.5. The van der Waals surface area contributed by atoms with E-state index in [1.54, 1.807) is 0 Å². The smallest absolute Gasteiger partial charge is 0.326 e. The fraction of sp³-hybridized carbons (Fsp3) is 0.125. The molecule has 0 aliphatic carbocycles. The Labute approximate surface area is 149 Å². The number of halogens is 4. The molecule has 0 aliphatic rings. The number of non-ortho nitro benzene ring substituents is 1. The highest BCUT2D eigenvalue weighted by molar-refractivity contribution is 6.31. The molecule has 0 bridgehead atoms. The zero-order valence-electron chi connectivity index (χ0n) is 12.8. The van der Waals surface area contributed by atoms with Crippen molar-refractivity contribution in [3.8, 4) is 0 Å². The van der Waals surface area contributed by atoms with E-state index in [0.717, 1.165) is 18.2 Å². The van der Waals surface area contributed by atoms with E-state index in [-0.39, 0.29) is 16.9 Å². The molecule has 0 aromatic heterocycles. The molecule has 0 unspecified atom stereocenters. The van der Waals surface area contributed by atoms with Crippen LogP contribution >= 0.6 is 11.6 Å². The normalized spacial score (nSPS) is 11.1. The largest absolute Gasteiger partial charge is 0.417 e. The predicted octanol–water partition coefficient (Wildman–Crippen LogP) is 4.48. The summed E-state index contributed by atoms with van der Waals surface area (Å²) < 4.78 is 38.4. The van der Waals surface area contributed by atoms with E-state index in [1.807, 2.05) is 0 Å². The molecule has 6 nitrogen and oxygen atoms in total. The number of benzene rings is 2. The standard InChI is InChI=1S/C16H10ClF3N2O4/c17-13-6-3-10(7-12(13)16(18,19)20)21-15(24)8-14(23)9-1-4-11(5-2-9)22(25)26/h1-7H,8H2,(H,21,24). The van der Waals surface area contributed by atoms with Gasteiger partial charge in [0.15, 0.2) is 5.78 Å². The number of anilines is 1. The number of nitrogens with zero attached hydrogens (tertiary/aromatic N) is 1. The summed E-state index contributed by atoms with van der Waals surface area (Å²) in [5, 5.41) is 12.2. The summed E-state index contributed by atoms with van der Waals surface area (Å²) in [6.07, 6.45) is -5.33. The van der Waals surface area contributed by atoms with Crippen LogP contribution in [0.1, 0.15) is 22.3 Å². The summed E-state index contributed by atoms with van der Waals surface area (Å²) in [4.78, 5) is 33.8. The third kappa shape index (κ3) is 4.79. The Balaban J connectivity index is 2.06. The van der Waals surface area contributed by atoms with Crippen LogP contribution in [0, 0.1) is 10.1 Å².